The zero-order chi connectivity index (χ0) is 10.6. The fourth-order valence-electron chi connectivity index (χ4n) is 1.31. The fourth-order valence-corrected chi connectivity index (χ4v) is 1.31. The molecule has 0 aliphatic heterocycles. The van der Waals surface area contributed by atoms with Crippen LogP contribution in [-0.4, -0.2) is 6.61 Å². The second-order valence-corrected chi connectivity index (χ2v) is 2.95. The third kappa shape index (κ3) is 1.94. The van der Waals surface area contributed by atoms with Gasteiger partial charge in [0.05, 0.1) is 18.2 Å². The van der Waals surface area contributed by atoms with Crippen molar-refractivity contribution in [3.8, 4) is 6.07 Å². The third-order valence-corrected chi connectivity index (χ3v) is 2.07. The van der Waals surface area contributed by atoms with Crippen LogP contribution < -0.4 is 0 Å². The van der Waals surface area contributed by atoms with Crippen molar-refractivity contribution >= 4 is 5.76 Å². The second kappa shape index (κ2) is 4.48. The molecule has 1 aromatic rings. The molecule has 72 valence electrons. The quantitative estimate of drug-likeness (QED) is 0.681. The van der Waals surface area contributed by atoms with E-state index in [1.54, 1.807) is 6.07 Å². The Morgan fingerprint density at radius 1 is 1.57 bits per heavy atom. The molecule has 0 saturated carbocycles. The van der Waals surface area contributed by atoms with Crippen LogP contribution in [-0.2, 0) is 4.74 Å². The summed E-state index contributed by atoms with van der Waals surface area (Å²) in [7, 11) is 0. The van der Waals surface area contributed by atoms with Crippen molar-refractivity contribution in [3.05, 3.63) is 41.5 Å². The molecule has 0 atom stereocenters. The maximum Gasteiger partial charge on any atom is 0.119 e. The van der Waals surface area contributed by atoms with Crippen molar-refractivity contribution in [1.29, 1.82) is 5.26 Å². The lowest BCUT2D eigenvalue weighted by Gasteiger charge is -2.10. The lowest BCUT2D eigenvalue weighted by molar-refractivity contribution is 0.299. The van der Waals surface area contributed by atoms with Crippen molar-refractivity contribution in [2.45, 2.75) is 13.8 Å². The van der Waals surface area contributed by atoms with E-state index in [1.165, 1.54) is 0 Å². The predicted molar refractivity (Wildman–Crippen MR) is 56.6 cm³/mol. The molecule has 0 saturated heterocycles. The summed E-state index contributed by atoms with van der Waals surface area (Å²) in [6, 6.07) is 7.67. The first-order valence-corrected chi connectivity index (χ1v) is 4.52. The Bertz CT molecular complexity index is 388. The number of rotatable bonds is 3. The van der Waals surface area contributed by atoms with Crippen LogP contribution in [0.3, 0.4) is 0 Å². The molecular weight excluding hydrogens is 174 g/mol. The average Bonchev–Trinajstić information content (AvgIpc) is 2.18. The minimum Gasteiger partial charge on any atom is -0.494 e. The molecule has 2 heteroatoms. The van der Waals surface area contributed by atoms with E-state index in [-0.39, 0.29) is 0 Å². The van der Waals surface area contributed by atoms with Crippen LogP contribution >= 0.6 is 0 Å². The summed E-state index contributed by atoms with van der Waals surface area (Å²) in [5, 5.41) is 8.83. The SMILES string of the molecule is C=C(OCC)c1cccc(C#N)c1C. The van der Waals surface area contributed by atoms with Gasteiger partial charge in [-0.25, -0.2) is 0 Å². The minimum atomic E-state index is 0.592. The second-order valence-electron chi connectivity index (χ2n) is 2.95. The number of nitriles is 1. The average molecular weight is 187 g/mol. The van der Waals surface area contributed by atoms with Gasteiger partial charge in [-0.3, -0.25) is 0 Å². The van der Waals surface area contributed by atoms with Gasteiger partial charge in [-0.05, 0) is 25.5 Å². The Hall–Kier alpha value is -1.75. The van der Waals surface area contributed by atoms with E-state index in [1.807, 2.05) is 26.0 Å². The first kappa shape index (κ1) is 10.3. The van der Waals surface area contributed by atoms with Crippen LogP contribution in [0, 0.1) is 18.3 Å². The van der Waals surface area contributed by atoms with E-state index >= 15 is 0 Å². The van der Waals surface area contributed by atoms with E-state index in [2.05, 4.69) is 12.6 Å². The molecule has 0 fully saturated rings. The molecule has 14 heavy (non-hydrogen) atoms. The minimum absolute atomic E-state index is 0.592. The topological polar surface area (TPSA) is 33.0 Å². The maximum absolute atomic E-state index is 8.83. The lowest BCUT2D eigenvalue weighted by Crippen LogP contribution is -1.95. The highest BCUT2D eigenvalue weighted by atomic mass is 16.5. The van der Waals surface area contributed by atoms with E-state index in [0.29, 0.717) is 17.9 Å². The molecule has 0 bridgehead atoms. The molecule has 2 nitrogen and oxygen atoms in total. The van der Waals surface area contributed by atoms with Crippen molar-refractivity contribution in [1.82, 2.24) is 0 Å². The summed E-state index contributed by atoms with van der Waals surface area (Å²) < 4.78 is 5.30. The zero-order valence-corrected chi connectivity index (χ0v) is 8.50. The van der Waals surface area contributed by atoms with Crippen LogP contribution in [0.1, 0.15) is 23.6 Å². The summed E-state index contributed by atoms with van der Waals surface area (Å²) in [4.78, 5) is 0. The Morgan fingerprint density at radius 3 is 2.86 bits per heavy atom. The molecule has 0 spiro atoms. The predicted octanol–water partition coefficient (Wildman–Crippen LogP) is 2.87. The summed E-state index contributed by atoms with van der Waals surface area (Å²) in [6.07, 6.45) is 0. The molecule has 0 aliphatic carbocycles. The first-order valence-electron chi connectivity index (χ1n) is 4.52. The van der Waals surface area contributed by atoms with Gasteiger partial charge >= 0.3 is 0 Å². The number of nitrogens with zero attached hydrogens (tertiary/aromatic N) is 1. The van der Waals surface area contributed by atoms with Crippen molar-refractivity contribution < 1.29 is 4.74 Å². The van der Waals surface area contributed by atoms with Gasteiger partial charge in [-0.1, -0.05) is 18.7 Å². The Morgan fingerprint density at radius 2 is 2.29 bits per heavy atom. The van der Waals surface area contributed by atoms with Crippen molar-refractivity contribution in [2.24, 2.45) is 0 Å². The molecule has 0 unspecified atom stereocenters. The van der Waals surface area contributed by atoms with Gasteiger partial charge in [0.2, 0.25) is 0 Å². The van der Waals surface area contributed by atoms with E-state index in [0.717, 1.165) is 11.1 Å². The third-order valence-electron chi connectivity index (χ3n) is 2.07. The maximum atomic E-state index is 8.83. The fraction of sp³-hybridized carbons (Fsp3) is 0.250. The molecule has 0 heterocycles. The summed E-state index contributed by atoms with van der Waals surface area (Å²) in [6.45, 7) is 8.22. The van der Waals surface area contributed by atoms with Crippen LogP contribution in [0.5, 0.6) is 0 Å². The Balaban J connectivity index is 3.11. The Kier molecular flexibility index (Phi) is 3.30. The molecule has 0 aliphatic rings. The highest BCUT2D eigenvalue weighted by Gasteiger charge is 2.06. The van der Waals surface area contributed by atoms with Gasteiger partial charge in [-0.15, -0.1) is 0 Å². The van der Waals surface area contributed by atoms with Gasteiger partial charge in [0.1, 0.15) is 5.76 Å². The first-order chi connectivity index (χ1) is 6.70. The molecule has 0 N–H and O–H groups in total. The van der Waals surface area contributed by atoms with Crippen molar-refractivity contribution in [3.63, 3.8) is 0 Å². The highest BCUT2D eigenvalue weighted by Crippen LogP contribution is 2.20. The number of benzene rings is 1. The number of hydrogen-bond donors (Lipinski definition) is 0. The number of hydrogen-bond acceptors (Lipinski definition) is 2. The lowest BCUT2D eigenvalue weighted by atomic mass is 10.0. The van der Waals surface area contributed by atoms with Gasteiger partial charge < -0.3 is 4.74 Å². The van der Waals surface area contributed by atoms with Crippen LogP contribution in [0.25, 0.3) is 5.76 Å². The summed E-state index contributed by atoms with van der Waals surface area (Å²) in [5.41, 5.74) is 2.50. The number of ether oxygens (including phenoxy) is 1. The van der Waals surface area contributed by atoms with Crippen LogP contribution in [0.4, 0.5) is 0 Å². The highest BCUT2D eigenvalue weighted by molar-refractivity contribution is 5.63. The standard InChI is InChI=1S/C12H13NO/c1-4-14-10(3)12-7-5-6-11(8-13)9(12)2/h5-7H,3-4H2,1-2H3. The van der Waals surface area contributed by atoms with E-state index in [9.17, 15) is 0 Å². The molecule has 1 aromatic carbocycles. The summed E-state index contributed by atoms with van der Waals surface area (Å²) >= 11 is 0. The largest absolute Gasteiger partial charge is 0.494 e. The van der Waals surface area contributed by atoms with Gasteiger partial charge in [-0.2, -0.15) is 5.26 Å². The monoisotopic (exact) mass is 187 g/mol. The van der Waals surface area contributed by atoms with Crippen LogP contribution in [0.2, 0.25) is 0 Å². The van der Waals surface area contributed by atoms with Gasteiger partial charge in [0, 0.05) is 5.56 Å². The molecule has 0 radical (unpaired) electrons. The van der Waals surface area contributed by atoms with Gasteiger partial charge in [0.25, 0.3) is 0 Å². The smallest absolute Gasteiger partial charge is 0.119 e. The Labute approximate surface area is 84.4 Å². The van der Waals surface area contributed by atoms with E-state index < -0.39 is 0 Å². The van der Waals surface area contributed by atoms with Crippen LogP contribution in [0.15, 0.2) is 24.8 Å². The van der Waals surface area contributed by atoms with E-state index in [4.69, 9.17) is 10.00 Å². The molecule has 0 aromatic heterocycles. The van der Waals surface area contributed by atoms with Crippen molar-refractivity contribution in [2.75, 3.05) is 6.61 Å². The summed E-state index contributed by atoms with van der Waals surface area (Å²) in [5.74, 6) is 0.627. The van der Waals surface area contributed by atoms with Gasteiger partial charge in [0.15, 0.2) is 0 Å². The molecule has 1 rings (SSSR count). The zero-order valence-electron chi connectivity index (χ0n) is 8.50. The molecule has 0 amide bonds. The molecular formula is C12H13NO. The normalized spacial score (nSPS) is 9.21.